The lowest BCUT2D eigenvalue weighted by molar-refractivity contribution is -0.139. The highest BCUT2D eigenvalue weighted by Gasteiger charge is 2.34. The van der Waals surface area contributed by atoms with Gasteiger partial charge in [0.1, 0.15) is 6.54 Å². The fraction of sp³-hybridized carbons (Fsp3) is 0.458. The molecule has 3 aromatic rings. The summed E-state index contributed by atoms with van der Waals surface area (Å²) in [5.74, 6) is 0. The summed E-state index contributed by atoms with van der Waals surface area (Å²) in [5.41, 5.74) is 2.84. The number of halogens is 4. The van der Waals surface area contributed by atoms with E-state index in [1.165, 1.54) is 4.57 Å². The van der Waals surface area contributed by atoms with E-state index < -0.39 is 12.7 Å². The van der Waals surface area contributed by atoms with Gasteiger partial charge in [-0.2, -0.15) is 13.2 Å². The molecule has 8 heteroatoms. The molecule has 0 amide bonds. The smallest absolute Gasteiger partial charge is 0.384 e. The average Bonchev–Trinajstić information content (AvgIpc) is 2.97. The molecule has 0 N–H and O–H groups in total. The zero-order valence-corrected chi connectivity index (χ0v) is 20.5. The maximum absolute atomic E-state index is 13.7. The average molecular weight is 513 g/mol. The Morgan fingerprint density at radius 3 is 2.50 bits per heavy atom. The molecule has 4 nitrogen and oxygen atoms in total. The van der Waals surface area contributed by atoms with Crippen LogP contribution in [0, 0.1) is 5.41 Å². The molecule has 32 heavy (non-hydrogen) atoms. The quantitative estimate of drug-likeness (QED) is 0.327. The van der Waals surface area contributed by atoms with Gasteiger partial charge in [0.15, 0.2) is 0 Å². The van der Waals surface area contributed by atoms with Crippen LogP contribution in [0.25, 0.3) is 22.2 Å². The Kier molecular flexibility index (Phi) is 7.37. The molecule has 0 spiro atoms. The van der Waals surface area contributed by atoms with Crippen LogP contribution in [0.5, 0.6) is 0 Å². The van der Waals surface area contributed by atoms with Gasteiger partial charge in [-0.1, -0.05) is 29.8 Å². The number of alkyl halides is 3. The number of pyridine rings is 1. The first kappa shape index (κ1) is 24.7. The first-order valence-corrected chi connectivity index (χ1v) is 11.1. The summed E-state index contributed by atoms with van der Waals surface area (Å²) in [6.45, 7) is 5.32. The first-order chi connectivity index (χ1) is 15.0. The number of rotatable bonds is 8. The van der Waals surface area contributed by atoms with Gasteiger partial charge in [-0.05, 0) is 54.7 Å². The van der Waals surface area contributed by atoms with Crippen molar-refractivity contribution < 1.29 is 22.6 Å². The maximum atomic E-state index is 13.7. The van der Waals surface area contributed by atoms with Crippen molar-refractivity contribution >= 4 is 26.8 Å². The molecule has 0 bridgehead atoms. The Morgan fingerprint density at radius 1 is 1.16 bits per heavy atom. The number of nitrogens with zero attached hydrogens (tertiary/aromatic N) is 2. The summed E-state index contributed by atoms with van der Waals surface area (Å²) in [6, 6.07) is 8.96. The molecule has 0 aliphatic heterocycles. The maximum Gasteiger partial charge on any atom is 0.406 e. The molecule has 0 fully saturated rings. The van der Waals surface area contributed by atoms with Crippen LogP contribution in [-0.4, -0.2) is 36.6 Å². The summed E-state index contributed by atoms with van der Waals surface area (Å²) in [6.07, 6.45) is -2.60. The Hall–Kier alpha value is -1.90. The topological polar surface area (TPSA) is 36.3 Å². The molecular formula is C24H28BrF3N2O2. The van der Waals surface area contributed by atoms with Gasteiger partial charge < -0.3 is 14.0 Å². The number of hydrogen-bond acceptors (Lipinski definition) is 3. The molecule has 2 aromatic heterocycles. The molecule has 1 atom stereocenters. The van der Waals surface area contributed by atoms with E-state index in [4.69, 9.17) is 9.47 Å². The molecule has 2 heterocycles. The van der Waals surface area contributed by atoms with Crippen molar-refractivity contribution in [2.24, 2.45) is 5.41 Å². The van der Waals surface area contributed by atoms with Gasteiger partial charge in [0.05, 0.1) is 24.1 Å². The van der Waals surface area contributed by atoms with E-state index in [-0.39, 0.29) is 11.5 Å². The van der Waals surface area contributed by atoms with Crippen LogP contribution in [0.3, 0.4) is 0 Å². The molecule has 0 aliphatic carbocycles. The van der Waals surface area contributed by atoms with Crippen molar-refractivity contribution in [2.45, 2.75) is 46.0 Å². The Morgan fingerprint density at radius 2 is 1.88 bits per heavy atom. The van der Waals surface area contributed by atoms with Gasteiger partial charge in [-0.25, -0.2) is 0 Å². The van der Waals surface area contributed by atoms with E-state index in [9.17, 15) is 13.2 Å². The highest BCUT2D eigenvalue weighted by atomic mass is 79.9. The number of benzene rings is 1. The van der Waals surface area contributed by atoms with E-state index in [2.05, 4.69) is 20.9 Å². The largest absolute Gasteiger partial charge is 0.406 e. The predicted octanol–water partition coefficient (Wildman–Crippen LogP) is 6.95. The molecule has 0 saturated heterocycles. The minimum atomic E-state index is -4.39. The molecule has 1 aromatic carbocycles. The minimum absolute atomic E-state index is 0.293. The third kappa shape index (κ3) is 5.35. The molecule has 0 saturated carbocycles. The van der Waals surface area contributed by atoms with Gasteiger partial charge in [0.2, 0.25) is 0 Å². The highest BCUT2D eigenvalue weighted by Crippen LogP contribution is 2.42. The van der Waals surface area contributed by atoms with E-state index in [0.29, 0.717) is 35.5 Å². The fourth-order valence-corrected chi connectivity index (χ4v) is 4.56. The van der Waals surface area contributed by atoms with Crippen LogP contribution in [0.15, 0.2) is 41.0 Å². The van der Waals surface area contributed by atoms with Crippen molar-refractivity contribution in [3.63, 3.8) is 0 Å². The second-order valence-electron chi connectivity index (χ2n) is 8.78. The molecule has 0 aliphatic rings. The lowest BCUT2D eigenvalue weighted by Gasteiger charge is -2.25. The number of ether oxygens (including phenoxy) is 2. The van der Waals surface area contributed by atoms with Crippen molar-refractivity contribution in [1.29, 1.82) is 0 Å². The summed E-state index contributed by atoms with van der Waals surface area (Å²) >= 11 is 3.49. The summed E-state index contributed by atoms with van der Waals surface area (Å²) in [4.78, 5) is 4.47. The SMILES string of the molecule is COCC(C)(C)Cc1c(-c2cccnc2[C@H](C)OC)n(CC(F)(F)F)c2ccc(Br)cc12. The number of methoxy groups -OCH3 is 2. The summed E-state index contributed by atoms with van der Waals surface area (Å²) in [5, 5.41) is 0.780. The second kappa shape index (κ2) is 9.53. The van der Waals surface area contributed by atoms with Crippen LogP contribution in [0.4, 0.5) is 13.2 Å². The van der Waals surface area contributed by atoms with Crippen LogP contribution in [0.2, 0.25) is 0 Å². The van der Waals surface area contributed by atoms with E-state index in [1.807, 2.05) is 32.9 Å². The lowest BCUT2D eigenvalue weighted by Crippen LogP contribution is -2.22. The van der Waals surface area contributed by atoms with E-state index in [0.717, 1.165) is 15.4 Å². The monoisotopic (exact) mass is 512 g/mol. The number of aromatic nitrogens is 2. The molecular weight excluding hydrogens is 485 g/mol. The molecule has 0 unspecified atom stereocenters. The first-order valence-electron chi connectivity index (χ1n) is 10.3. The van der Waals surface area contributed by atoms with Crippen LogP contribution >= 0.6 is 15.9 Å². The van der Waals surface area contributed by atoms with Crippen molar-refractivity contribution in [3.8, 4) is 11.3 Å². The number of hydrogen-bond donors (Lipinski definition) is 0. The normalized spacial score (nSPS) is 13.7. The predicted molar refractivity (Wildman–Crippen MR) is 124 cm³/mol. The zero-order chi connectivity index (χ0) is 23.7. The van der Waals surface area contributed by atoms with Gasteiger partial charge in [0, 0.05) is 41.4 Å². The molecule has 174 valence electrons. The van der Waals surface area contributed by atoms with Gasteiger partial charge in [-0.15, -0.1) is 0 Å². The van der Waals surface area contributed by atoms with Crippen LogP contribution in [0.1, 0.15) is 38.1 Å². The Bertz CT molecular complexity index is 1090. The fourth-order valence-electron chi connectivity index (χ4n) is 4.20. The number of fused-ring (bicyclic) bond motifs is 1. The summed E-state index contributed by atoms with van der Waals surface area (Å²) in [7, 11) is 3.19. The summed E-state index contributed by atoms with van der Waals surface area (Å²) < 4.78 is 54.3. The third-order valence-electron chi connectivity index (χ3n) is 5.49. The second-order valence-corrected chi connectivity index (χ2v) is 9.69. The Labute approximate surface area is 194 Å². The highest BCUT2D eigenvalue weighted by molar-refractivity contribution is 9.10. The van der Waals surface area contributed by atoms with Gasteiger partial charge in [-0.3, -0.25) is 4.98 Å². The molecule has 0 radical (unpaired) electrons. The van der Waals surface area contributed by atoms with Crippen molar-refractivity contribution in [3.05, 3.63) is 52.3 Å². The third-order valence-corrected chi connectivity index (χ3v) is 5.98. The zero-order valence-electron chi connectivity index (χ0n) is 18.9. The molecule has 3 rings (SSSR count). The van der Waals surface area contributed by atoms with Crippen molar-refractivity contribution in [1.82, 2.24) is 9.55 Å². The standard InChI is InChI=1S/C24H28BrF3N2O2/c1-15(32-5)21-17(7-6-10-29-21)22-19(12-23(2,3)14-31-4)18-11-16(25)8-9-20(18)30(22)13-24(26,27)28/h6-11,15H,12-14H2,1-5H3/t15-/m0/s1. The minimum Gasteiger partial charge on any atom is -0.384 e. The Balaban J connectivity index is 2.41. The lowest BCUT2D eigenvalue weighted by atomic mass is 9.84. The van der Waals surface area contributed by atoms with Gasteiger partial charge in [0.25, 0.3) is 0 Å². The van der Waals surface area contributed by atoms with Gasteiger partial charge >= 0.3 is 6.18 Å². The van der Waals surface area contributed by atoms with E-state index >= 15 is 0 Å². The van der Waals surface area contributed by atoms with Crippen LogP contribution < -0.4 is 0 Å². The van der Waals surface area contributed by atoms with E-state index in [1.54, 1.807) is 38.6 Å². The van der Waals surface area contributed by atoms with Crippen molar-refractivity contribution in [2.75, 3.05) is 20.8 Å². The van der Waals surface area contributed by atoms with Crippen LogP contribution in [-0.2, 0) is 22.4 Å².